The first-order valence-corrected chi connectivity index (χ1v) is 8.39. The van der Waals surface area contributed by atoms with Gasteiger partial charge in [0.25, 0.3) is 0 Å². The van der Waals surface area contributed by atoms with Crippen LogP contribution in [0.1, 0.15) is 59.3 Å². The number of carboxylic acid groups (broad SMARTS) is 1. The number of hydrogen-bond donors (Lipinski definition) is 1. The summed E-state index contributed by atoms with van der Waals surface area (Å²) in [5.41, 5.74) is 0. The molecule has 0 fully saturated rings. The molecule has 1 unspecified atom stereocenters. The van der Waals surface area contributed by atoms with Crippen LogP contribution in [0.3, 0.4) is 0 Å². The van der Waals surface area contributed by atoms with E-state index in [-0.39, 0.29) is 5.92 Å². The Morgan fingerprint density at radius 2 is 1.73 bits per heavy atom. The van der Waals surface area contributed by atoms with Crippen LogP contribution in [0.15, 0.2) is 0 Å². The molecule has 0 aliphatic carbocycles. The molecule has 2 radical (unpaired) electrons. The topological polar surface area (TPSA) is 37.3 Å². The van der Waals surface area contributed by atoms with Crippen molar-refractivity contribution in [2.75, 3.05) is 0 Å². The summed E-state index contributed by atoms with van der Waals surface area (Å²) in [6.07, 6.45) is 6.54. The van der Waals surface area contributed by atoms with Crippen molar-refractivity contribution in [3.63, 3.8) is 0 Å². The van der Waals surface area contributed by atoms with Crippen molar-refractivity contribution >= 4 is 28.5 Å². The van der Waals surface area contributed by atoms with Crippen LogP contribution in [0.4, 0.5) is 0 Å². The van der Waals surface area contributed by atoms with E-state index in [2.05, 4.69) is 13.8 Å². The number of carbonyl (C=O) groups is 1. The summed E-state index contributed by atoms with van der Waals surface area (Å²) in [7, 11) is 0. The van der Waals surface area contributed by atoms with Gasteiger partial charge < -0.3 is 5.11 Å². The molecule has 3 heteroatoms. The van der Waals surface area contributed by atoms with E-state index in [1.54, 1.807) is 0 Å². The van der Waals surface area contributed by atoms with Gasteiger partial charge in [0.05, 0.1) is 5.92 Å². The van der Waals surface area contributed by atoms with E-state index in [0.29, 0.717) is 0 Å². The van der Waals surface area contributed by atoms with Crippen LogP contribution < -0.4 is 0 Å². The van der Waals surface area contributed by atoms with Crippen molar-refractivity contribution in [2.24, 2.45) is 5.92 Å². The van der Waals surface area contributed by atoms with Gasteiger partial charge in [-0.3, -0.25) is 4.79 Å². The normalized spacial score (nSPS) is 11.5. The summed E-state index contributed by atoms with van der Waals surface area (Å²) in [6, 6.07) is 0. The molecule has 0 saturated carbocycles. The fourth-order valence-corrected chi connectivity index (χ4v) is 2.32. The molecule has 0 saturated heterocycles. The molecule has 15 heavy (non-hydrogen) atoms. The monoisotopic (exact) mass is 322 g/mol. The first kappa shape index (κ1) is 17.7. The molecule has 0 aliphatic heterocycles. The van der Waals surface area contributed by atoms with Gasteiger partial charge in [0, 0.05) is 0 Å². The SMILES string of the molecule is CCCCC(CC)C(=O)O.CCC[CH2][SnH]. The van der Waals surface area contributed by atoms with Crippen molar-refractivity contribution in [3.8, 4) is 0 Å². The molecule has 0 rings (SSSR count). The standard InChI is InChI=1S/C8H16O2.C4H9.Sn.H/c1-3-5-6-7(4-2)8(9)10;1-3-4-2;;/h7H,3-6H2,1-2H3,(H,9,10);1,3-4H2,2H3;;. The molecule has 0 heterocycles. The van der Waals surface area contributed by atoms with Gasteiger partial charge in [-0.05, 0) is 12.8 Å². The second-order valence-corrected chi connectivity index (χ2v) is 5.38. The van der Waals surface area contributed by atoms with Gasteiger partial charge in [-0.2, -0.15) is 0 Å². The fourth-order valence-electron chi connectivity index (χ4n) is 1.16. The van der Waals surface area contributed by atoms with Crippen LogP contribution in [-0.2, 0) is 4.79 Å². The maximum absolute atomic E-state index is 10.4. The third kappa shape index (κ3) is 14.3. The molecule has 90 valence electrons. The molecular formula is C12H26O2Sn. The maximum atomic E-state index is 10.4. The predicted octanol–water partition coefficient (Wildman–Crippen LogP) is 3.39. The van der Waals surface area contributed by atoms with Crippen LogP contribution in [0.25, 0.3) is 0 Å². The molecule has 0 amide bonds. The molecular weight excluding hydrogens is 295 g/mol. The summed E-state index contributed by atoms with van der Waals surface area (Å²) in [6.45, 7) is 6.24. The quantitative estimate of drug-likeness (QED) is 0.730. The van der Waals surface area contributed by atoms with Crippen molar-refractivity contribution < 1.29 is 9.90 Å². The third-order valence-electron chi connectivity index (χ3n) is 2.31. The van der Waals surface area contributed by atoms with Gasteiger partial charge in [0.2, 0.25) is 0 Å². The molecule has 0 bridgehead atoms. The van der Waals surface area contributed by atoms with Crippen molar-refractivity contribution in [2.45, 2.75) is 63.7 Å². The molecule has 0 aromatic heterocycles. The van der Waals surface area contributed by atoms with E-state index >= 15 is 0 Å². The van der Waals surface area contributed by atoms with Gasteiger partial charge in [-0.25, -0.2) is 0 Å². The second kappa shape index (κ2) is 14.3. The van der Waals surface area contributed by atoms with E-state index in [1.807, 2.05) is 6.92 Å². The van der Waals surface area contributed by atoms with Crippen LogP contribution >= 0.6 is 0 Å². The molecule has 0 aromatic rings. The van der Waals surface area contributed by atoms with E-state index in [0.717, 1.165) is 25.7 Å². The van der Waals surface area contributed by atoms with Crippen LogP contribution in [0.2, 0.25) is 4.44 Å². The Balaban J connectivity index is 0. The van der Waals surface area contributed by atoms with Gasteiger partial charge in [0.15, 0.2) is 0 Å². The molecule has 1 N–H and O–H groups in total. The van der Waals surface area contributed by atoms with Gasteiger partial charge in [-0.15, -0.1) is 0 Å². The summed E-state index contributed by atoms with van der Waals surface area (Å²) < 4.78 is 1.47. The number of unbranched alkanes of at least 4 members (excludes halogenated alkanes) is 2. The zero-order valence-electron chi connectivity index (χ0n) is 10.5. The Bertz CT molecular complexity index is 136. The number of carboxylic acids is 1. The van der Waals surface area contributed by atoms with Crippen molar-refractivity contribution in [1.29, 1.82) is 0 Å². The number of aliphatic carboxylic acids is 1. The van der Waals surface area contributed by atoms with Crippen molar-refractivity contribution in [3.05, 3.63) is 0 Å². The Morgan fingerprint density at radius 1 is 1.20 bits per heavy atom. The molecule has 0 aliphatic rings. The fraction of sp³-hybridized carbons (Fsp3) is 0.917. The van der Waals surface area contributed by atoms with E-state index in [9.17, 15) is 4.79 Å². The molecule has 2 nitrogen and oxygen atoms in total. The van der Waals surface area contributed by atoms with Gasteiger partial charge >= 0.3 is 52.7 Å². The van der Waals surface area contributed by atoms with E-state index in [4.69, 9.17) is 5.11 Å². The molecule has 0 aromatic carbocycles. The second-order valence-electron chi connectivity index (χ2n) is 3.73. The Kier molecular flexibility index (Phi) is 16.8. The van der Waals surface area contributed by atoms with Gasteiger partial charge in [0.1, 0.15) is 0 Å². The average Bonchev–Trinajstić information content (AvgIpc) is 2.20. The number of hydrogen-bond acceptors (Lipinski definition) is 1. The van der Waals surface area contributed by atoms with E-state index < -0.39 is 5.97 Å². The Labute approximate surface area is 108 Å². The predicted molar refractivity (Wildman–Crippen MR) is 67.8 cm³/mol. The minimum absolute atomic E-state index is 0.111. The summed E-state index contributed by atoms with van der Waals surface area (Å²) in [5, 5.41) is 8.60. The zero-order valence-corrected chi connectivity index (χ0v) is 13.8. The van der Waals surface area contributed by atoms with Crippen molar-refractivity contribution in [1.82, 2.24) is 0 Å². The Hall–Kier alpha value is 0.269. The van der Waals surface area contributed by atoms with E-state index in [1.165, 1.54) is 39.8 Å². The number of rotatable bonds is 7. The van der Waals surface area contributed by atoms with Crippen LogP contribution in [-0.4, -0.2) is 33.6 Å². The third-order valence-corrected chi connectivity index (χ3v) is 3.47. The Morgan fingerprint density at radius 3 is 1.93 bits per heavy atom. The summed E-state index contributed by atoms with van der Waals surface area (Å²) >= 11 is 1.45. The summed E-state index contributed by atoms with van der Waals surface area (Å²) in [4.78, 5) is 10.4. The molecule has 1 atom stereocenters. The van der Waals surface area contributed by atoms with Gasteiger partial charge in [-0.1, -0.05) is 26.7 Å². The molecule has 0 spiro atoms. The van der Waals surface area contributed by atoms with Crippen LogP contribution in [0, 0.1) is 5.92 Å². The van der Waals surface area contributed by atoms with Crippen LogP contribution in [0.5, 0.6) is 0 Å². The average molecular weight is 321 g/mol. The zero-order chi connectivity index (χ0) is 12.1. The first-order valence-electron chi connectivity index (χ1n) is 6.06. The first-order chi connectivity index (χ1) is 7.13. The minimum atomic E-state index is -0.643. The summed E-state index contributed by atoms with van der Waals surface area (Å²) in [5.74, 6) is -0.754.